The molecule has 0 bridgehead atoms. The third-order valence-electron chi connectivity index (χ3n) is 4.56. The summed E-state index contributed by atoms with van der Waals surface area (Å²) in [4.78, 5) is 2.54. The van der Waals surface area contributed by atoms with E-state index in [4.69, 9.17) is 4.74 Å². The number of piperidine rings is 1. The predicted molar refractivity (Wildman–Crippen MR) is 70.9 cm³/mol. The van der Waals surface area contributed by atoms with Crippen LogP contribution in [0.5, 0.6) is 11.5 Å². The van der Waals surface area contributed by atoms with E-state index in [9.17, 15) is 5.11 Å². The molecule has 3 heteroatoms. The molecule has 1 aromatic rings. The quantitative estimate of drug-likeness (QED) is 0.828. The van der Waals surface area contributed by atoms with E-state index >= 15 is 0 Å². The second-order valence-electron chi connectivity index (χ2n) is 5.79. The molecule has 0 radical (unpaired) electrons. The van der Waals surface area contributed by atoms with Crippen molar-refractivity contribution in [3.8, 4) is 11.5 Å². The van der Waals surface area contributed by atoms with Gasteiger partial charge in [-0.3, -0.25) is 4.90 Å². The van der Waals surface area contributed by atoms with Crippen LogP contribution < -0.4 is 4.74 Å². The maximum absolute atomic E-state index is 9.48. The Morgan fingerprint density at radius 1 is 1.28 bits per heavy atom. The minimum Gasteiger partial charge on any atom is -0.508 e. The molecule has 1 saturated heterocycles. The van der Waals surface area contributed by atoms with E-state index in [0.29, 0.717) is 6.04 Å². The van der Waals surface area contributed by atoms with Crippen molar-refractivity contribution in [1.82, 2.24) is 4.90 Å². The summed E-state index contributed by atoms with van der Waals surface area (Å²) in [6, 6.07) is 5.86. The van der Waals surface area contributed by atoms with Gasteiger partial charge in [0.25, 0.3) is 0 Å². The maximum atomic E-state index is 9.48. The van der Waals surface area contributed by atoms with Crippen LogP contribution in [0.2, 0.25) is 0 Å². The Kier molecular flexibility index (Phi) is 2.94. The van der Waals surface area contributed by atoms with Crippen LogP contribution >= 0.6 is 0 Å². The van der Waals surface area contributed by atoms with Gasteiger partial charge in [0.05, 0.1) is 6.04 Å². The number of rotatable bonds is 1. The van der Waals surface area contributed by atoms with Crippen molar-refractivity contribution in [3.63, 3.8) is 0 Å². The van der Waals surface area contributed by atoms with Crippen LogP contribution in [-0.4, -0.2) is 29.7 Å². The summed E-state index contributed by atoms with van der Waals surface area (Å²) in [7, 11) is 0. The molecule has 98 valence electrons. The number of aromatic hydroxyl groups is 1. The van der Waals surface area contributed by atoms with Crippen molar-refractivity contribution in [3.05, 3.63) is 23.8 Å². The first kappa shape index (κ1) is 11.8. The van der Waals surface area contributed by atoms with Gasteiger partial charge in [-0.2, -0.15) is 0 Å². The molecule has 0 spiro atoms. The molecule has 3 unspecified atom stereocenters. The fourth-order valence-corrected chi connectivity index (χ4v) is 3.06. The van der Waals surface area contributed by atoms with Crippen molar-refractivity contribution in [1.29, 1.82) is 0 Å². The van der Waals surface area contributed by atoms with Crippen molar-refractivity contribution >= 4 is 0 Å². The van der Waals surface area contributed by atoms with E-state index in [1.54, 1.807) is 12.1 Å². The predicted octanol–water partition coefficient (Wildman–Crippen LogP) is 2.80. The summed E-state index contributed by atoms with van der Waals surface area (Å²) in [6.45, 7) is 7.71. The van der Waals surface area contributed by atoms with Gasteiger partial charge in [-0.1, -0.05) is 13.8 Å². The van der Waals surface area contributed by atoms with Gasteiger partial charge in [-0.25, -0.2) is 0 Å². The third kappa shape index (κ3) is 1.97. The monoisotopic (exact) mass is 247 g/mol. The Morgan fingerprint density at radius 3 is 2.89 bits per heavy atom. The first-order valence-electron chi connectivity index (χ1n) is 6.85. The Morgan fingerprint density at radius 2 is 2.11 bits per heavy atom. The first-order valence-corrected chi connectivity index (χ1v) is 6.85. The third-order valence-corrected chi connectivity index (χ3v) is 4.56. The second kappa shape index (κ2) is 4.47. The van der Waals surface area contributed by atoms with Crippen molar-refractivity contribution in [2.75, 3.05) is 19.7 Å². The SMILES string of the molecule is CC1CCN(C2COc3cc(O)ccc32)CC1C. The van der Waals surface area contributed by atoms with Crippen molar-refractivity contribution in [2.24, 2.45) is 11.8 Å². The first-order chi connectivity index (χ1) is 8.65. The van der Waals surface area contributed by atoms with Gasteiger partial charge in [0, 0.05) is 18.2 Å². The number of hydrogen-bond donors (Lipinski definition) is 1. The largest absolute Gasteiger partial charge is 0.508 e. The summed E-state index contributed by atoms with van der Waals surface area (Å²) >= 11 is 0. The van der Waals surface area contributed by atoms with Gasteiger partial charge in [-0.15, -0.1) is 0 Å². The lowest BCUT2D eigenvalue weighted by Crippen LogP contribution is -2.41. The topological polar surface area (TPSA) is 32.7 Å². The zero-order valence-corrected chi connectivity index (χ0v) is 11.1. The zero-order chi connectivity index (χ0) is 12.7. The minimum atomic E-state index is 0.287. The van der Waals surface area contributed by atoms with Crippen LogP contribution in [0, 0.1) is 11.8 Å². The lowest BCUT2D eigenvalue weighted by Gasteiger charge is -2.38. The number of hydrogen-bond acceptors (Lipinski definition) is 3. The normalized spacial score (nSPS) is 32.0. The molecule has 1 fully saturated rings. The highest BCUT2D eigenvalue weighted by Crippen LogP contribution is 2.40. The molecule has 3 rings (SSSR count). The second-order valence-corrected chi connectivity index (χ2v) is 5.79. The number of nitrogens with zero attached hydrogens (tertiary/aromatic N) is 1. The van der Waals surface area contributed by atoms with E-state index in [1.807, 2.05) is 6.07 Å². The summed E-state index contributed by atoms with van der Waals surface area (Å²) in [5.74, 6) is 2.71. The van der Waals surface area contributed by atoms with Gasteiger partial charge in [-0.05, 0) is 36.9 Å². The van der Waals surface area contributed by atoms with Crippen molar-refractivity contribution < 1.29 is 9.84 Å². The molecule has 18 heavy (non-hydrogen) atoms. The van der Waals surface area contributed by atoms with Crippen molar-refractivity contribution in [2.45, 2.75) is 26.3 Å². The number of fused-ring (bicyclic) bond motifs is 1. The van der Waals surface area contributed by atoms with E-state index in [2.05, 4.69) is 18.7 Å². The molecule has 2 aliphatic rings. The summed E-state index contributed by atoms with van der Waals surface area (Å²) in [5, 5.41) is 9.48. The van der Waals surface area contributed by atoms with E-state index in [0.717, 1.165) is 37.3 Å². The van der Waals surface area contributed by atoms with Crippen LogP contribution in [0.25, 0.3) is 0 Å². The summed E-state index contributed by atoms with van der Waals surface area (Å²) < 4.78 is 5.71. The lowest BCUT2D eigenvalue weighted by molar-refractivity contribution is 0.0830. The number of benzene rings is 1. The highest BCUT2D eigenvalue weighted by molar-refractivity contribution is 5.44. The average Bonchev–Trinajstić information content (AvgIpc) is 2.75. The number of ether oxygens (including phenoxy) is 1. The van der Waals surface area contributed by atoms with Crippen LogP contribution in [0.4, 0.5) is 0 Å². The van der Waals surface area contributed by atoms with E-state index < -0.39 is 0 Å². The molecular formula is C15H21NO2. The fraction of sp³-hybridized carbons (Fsp3) is 0.600. The molecule has 2 aliphatic heterocycles. The Balaban J connectivity index is 1.80. The Hall–Kier alpha value is -1.22. The molecule has 1 N–H and O–H groups in total. The minimum absolute atomic E-state index is 0.287. The standard InChI is InChI=1S/C15H21NO2/c1-10-5-6-16(8-11(10)2)14-9-18-15-7-12(17)3-4-13(14)15/h3-4,7,10-11,14,17H,5-6,8-9H2,1-2H3. The molecule has 0 saturated carbocycles. The zero-order valence-electron chi connectivity index (χ0n) is 11.1. The van der Waals surface area contributed by atoms with Crippen LogP contribution in [0.1, 0.15) is 31.9 Å². The van der Waals surface area contributed by atoms with Gasteiger partial charge in [0.1, 0.15) is 18.1 Å². The molecule has 0 aliphatic carbocycles. The van der Waals surface area contributed by atoms with E-state index in [1.165, 1.54) is 12.0 Å². The fourth-order valence-electron chi connectivity index (χ4n) is 3.06. The smallest absolute Gasteiger partial charge is 0.127 e. The van der Waals surface area contributed by atoms with Crippen LogP contribution in [-0.2, 0) is 0 Å². The van der Waals surface area contributed by atoms with Crippen LogP contribution in [0.3, 0.4) is 0 Å². The average molecular weight is 247 g/mol. The molecule has 0 amide bonds. The van der Waals surface area contributed by atoms with Gasteiger partial charge in [0.2, 0.25) is 0 Å². The molecule has 1 aromatic carbocycles. The van der Waals surface area contributed by atoms with Gasteiger partial charge >= 0.3 is 0 Å². The highest BCUT2D eigenvalue weighted by atomic mass is 16.5. The number of phenolic OH excluding ortho intramolecular Hbond substituents is 1. The lowest BCUT2D eigenvalue weighted by atomic mass is 9.87. The van der Waals surface area contributed by atoms with Gasteiger partial charge < -0.3 is 9.84 Å². The van der Waals surface area contributed by atoms with Crippen LogP contribution in [0.15, 0.2) is 18.2 Å². The summed E-state index contributed by atoms with van der Waals surface area (Å²) in [5.41, 5.74) is 1.23. The number of likely N-dealkylation sites (tertiary alicyclic amines) is 1. The molecule has 0 aromatic heterocycles. The molecular weight excluding hydrogens is 226 g/mol. The molecule has 3 nitrogen and oxygen atoms in total. The van der Waals surface area contributed by atoms with Gasteiger partial charge in [0.15, 0.2) is 0 Å². The molecule has 2 heterocycles. The maximum Gasteiger partial charge on any atom is 0.127 e. The van der Waals surface area contributed by atoms with E-state index in [-0.39, 0.29) is 5.75 Å². The highest BCUT2D eigenvalue weighted by Gasteiger charge is 2.33. The number of phenols is 1. The Labute approximate surface area is 108 Å². The Bertz CT molecular complexity index is 446. The summed E-state index contributed by atoms with van der Waals surface area (Å²) in [6.07, 6.45) is 1.27. The molecule has 3 atom stereocenters.